The standard InChI is InChI=1S/C23H34FN7O.HI/c1-4-29-7-9-30(10-8-29)21-6-5-18(13-20(21)24)14-26-23(25-2)31-11-12-32-22(17-31)19-15-27-28(3)16-19;/h5-6,13,15-16,22H,4,7-12,14,17H2,1-3H3,(H,25,26);1H. The molecule has 1 unspecified atom stereocenters. The minimum Gasteiger partial charge on any atom is -0.370 e. The summed E-state index contributed by atoms with van der Waals surface area (Å²) in [5, 5.41) is 7.63. The molecule has 0 bridgehead atoms. The molecule has 4 rings (SSSR count). The molecule has 0 radical (unpaired) electrons. The summed E-state index contributed by atoms with van der Waals surface area (Å²) in [6.07, 6.45) is 3.79. The number of hydrogen-bond donors (Lipinski definition) is 1. The third kappa shape index (κ3) is 6.36. The van der Waals surface area contributed by atoms with Gasteiger partial charge >= 0.3 is 0 Å². The number of morpholine rings is 1. The van der Waals surface area contributed by atoms with Crippen molar-refractivity contribution in [2.75, 3.05) is 64.4 Å². The van der Waals surface area contributed by atoms with Gasteiger partial charge in [-0.2, -0.15) is 5.10 Å². The summed E-state index contributed by atoms with van der Waals surface area (Å²) in [6, 6.07) is 5.55. The van der Waals surface area contributed by atoms with Crippen molar-refractivity contribution < 1.29 is 9.13 Å². The number of hydrogen-bond acceptors (Lipinski definition) is 5. The molecule has 0 saturated carbocycles. The van der Waals surface area contributed by atoms with Gasteiger partial charge in [-0.25, -0.2) is 4.39 Å². The van der Waals surface area contributed by atoms with E-state index in [0.717, 1.165) is 56.4 Å². The Morgan fingerprint density at radius 1 is 1.24 bits per heavy atom. The molecule has 1 aromatic carbocycles. The van der Waals surface area contributed by atoms with Crippen molar-refractivity contribution in [1.29, 1.82) is 0 Å². The first kappa shape index (κ1) is 25.7. The van der Waals surface area contributed by atoms with Gasteiger partial charge < -0.3 is 24.8 Å². The van der Waals surface area contributed by atoms with Gasteiger partial charge in [0.1, 0.15) is 11.9 Å². The molecule has 0 aliphatic carbocycles. The van der Waals surface area contributed by atoms with Crippen molar-refractivity contribution in [2.24, 2.45) is 12.0 Å². The van der Waals surface area contributed by atoms with Crippen LogP contribution in [-0.2, 0) is 18.3 Å². The molecule has 0 spiro atoms. The summed E-state index contributed by atoms with van der Waals surface area (Å²) in [6.45, 7) is 9.50. The largest absolute Gasteiger partial charge is 0.370 e. The Morgan fingerprint density at radius 3 is 2.67 bits per heavy atom. The lowest BCUT2D eigenvalue weighted by molar-refractivity contribution is -0.00805. The fraction of sp³-hybridized carbons (Fsp3) is 0.565. The number of nitrogens with one attached hydrogen (secondary N) is 1. The van der Waals surface area contributed by atoms with Crippen molar-refractivity contribution in [1.82, 2.24) is 24.9 Å². The first-order valence-electron chi connectivity index (χ1n) is 11.4. The lowest BCUT2D eigenvalue weighted by Crippen LogP contribution is -2.48. The van der Waals surface area contributed by atoms with Crippen LogP contribution >= 0.6 is 24.0 Å². The molecule has 2 aliphatic heterocycles. The molecule has 3 heterocycles. The molecule has 0 amide bonds. The molecule has 33 heavy (non-hydrogen) atoms. The number of guanidine groups is 1. The third-order valence-corrected chi connectivity index (χ3v) is 6.30. The number of aliphatic imine (C=N–C) groups is 1. The Bertz CT molecular complexity index is 929. The van der Waals surface area contributed by atoms with Gasteiger partial charge in [0.15, 0.2) is 5.96 Å². The van der Waals surface area contributed by atoms with E-state index >= 15 is 0 Å². The predicted molar refractivity (Wildman–Crippen MR) is 140 cm³/mol. The monoisotopic (exact) mass is 571 g/mol. The minimum absolute atomic E-state index is 0. The van der Waals surface area contributed by atoms with Crippen LogP contribution in [0.1, 0.15) is 24.2 Å². The third-order valence-electron chi connectivity index (χ3n) is 6.30. The van der Waals surface area contributed by atoms with Crippen molar-refractivity contribution >= 4 is 35.6 Å². The lowest BCUT2D eigenvalue weighted by atomic mass is 10.1. The summed E-state index contributed by atoms with van der Waals surface area (Å²) in [5.74, 6) is 0.634. The zero-order valence-corrected chi connectivity index (χ0v) is 22.0. The number of aryl methyl sites for hydroxylation is 1. The van der Waals surface area contributed by atoms with Crippen LogP contribution in [0.4, 0.5) is 10.1 Å². The Labute approximate surface area is 212 Å². The van der Waals surface area contributed by atoms with Crippen LogP contribution in [0.15, 0.2) is 35.6 Å². The van der Waals surface area contributed by atoms with Gasteiger partial charge in [0.25, 0.3) is 0 Å². The van der Waals surface area contributed by atoms with Gasteiger partial charge in [-0.3, -0.25) is 9.67 Å². The number of benzene rings is 1. The second kappa shape index (κ2) is 12.0. The Balaban J connectivity index is 0.00000306. The van der Waals surface area contributed by atoms with Gasteiger partial charge in [-0.1, -0.05) is 13.0 Å². The average molecular weight is 571 g/mol. The van der Waals surface area contributed by atoms with E-state index in [4.69, 9.17) is 4.74 Å². The van der Waals surface area contributed by atoms with E-state index in [1.165, 1.54) is 0 Å². The van der Waals surface area contributed by atoms with Gasteiger partial charge in [0.05, 0.1) is 25.0 Å². The molecule has 1 aromatic heterocycles. The van der Waals surface area contributed by atoms with Crippen molar-refractivity contribution in [3.05, 3.63) is 47.5 Å². The summed E-state index contributed by atoms with van der Waals surface area (Å²) in [5.41, 5.74) is 2.66. The number of anilines is 1. The summed E-state index contributed by atoms with van der Waals surface area (Å²) in [7, 11) is 3.68. The van der Waals surface area contributed by atoms with Gasteiger partial charge in [-0.15, -0.1) is 24.0 Å². The highest BCUT2D eigenvalue weighted by atomic mass is 127. The lowest BCUT2D eigenvalue weighted by Gasteiger charge is -2.35. The normalized spacial score (nSPS) is 20.0. The molecular formula is C23H35FIN7O. The van der Waals surface area contributed by atoms with E-state index < -0.39 is 0 Å². The van der Waals surface area contributed by atoms with Crippen LogP contribution in [0.25, 0.3) is 0 Å². The van der Waals surface area contributed by atoms with Crippen LogP contribution in [-0.4, -0.2) is 85.0 Å². The van der Waals surface area contributed by atoms with Crippen LogP contribution in [0.5, 0.6) is 0 Å². The SMILES string of the molecule is CCN1CCN(c2ccc(CNC(=NC)N3CCOC(c4cnn(C)c4)C3)cc2F)CC1.I. The van der Waals surface area contributed by atoms with Crippen molar-refractivity contribution in [3.63, 3.8) is 0 Å². The second-order valence-corrected chi connectivity index (χ2v) is 8.36. The molecule has 2 saturated heterocycles. The predicted octanol–water partition coefficient (Wildman–Crippen LogP) is 2.47. The summed E-state index contributed by atoms with van der Waals surface area (Å²) in [4.78, 5) is 11.2. The van der Waals surface area contributed by atoms with Crippen LogP contribution in [0.2, 0.25) is 0 Å². The van der Waals surface area contributed by atoms with E-state index in [0.29, 0.717) is 25.4 Å². The molecule has 10 heteroatoms. The average Bonchev–Trinajstić information content (AvgIpc) is 3.26. The van der Waals surface area contributed by atoms with Crippen LogP contribution < -0.4 is 10.2 Å². The highest BCUT2D eigenvalue weighted by molar-refractivity contribution is 14.0. The number of halogens is 2. The molecule has 1 atom stereocenters. The maximum atomic E-state index is 14.9. The quantitative estimate of drug-likeness (QED) is 0.338. The topological polar surface area (TPSA) is 61.2 Å². The van der Waals surface area contributed by atoms with E-state index in [2.05, 4.69) is 37.0 Å². The number of nitrogens with zero attached hydrogens (tertiary/aromatic N) is 6. The first-order valence-corrected chi connectivity index (χ1v) is 11.4. The highest BCUT2D eigenvalue weighted by Gasteiger charge is 2.25. The molecule has 8 nitrogen and oxygen atoms in total. The van der Waals surface area contributed by atoms with E-state index in [-0.39, 0.29) is 35.9 Å². The first-order chi connectivity index (χ1) is 15.6. The number of piperazine rings is 1. The minimum atomic E-state index is -0.160. The zero-order valence-electron chi connectivity index (χ0n) is 19.7. The number of ether oxygens (including phenoxy) is 1. The van der Waals surface area contributed by atoms with Crippen molar-refractivity contribution in [3.8, 4) is 0 Å². The number of likely N-dealkylation sites (N-methyl/N-ethyl adjacent to an activating group) is 1. The summed E-state index contributed by atoms with van der Waals surface area (Å²) < 4.78 is 22.6. The van der Waals surface area contributed by atoms with Crippen LogP contribution in [0, 0.1) is 5.82 Å². The van der Waals surface area contributed by atoms with Gasteiger partial charge in [0.2, 0.25) is 0 Å². The smallest absolute Gasteiger partial charge is 0.194 e. The zero-order chi connectivity index (χ0) is 22.5. The van der Waals surface area contributed by atoms with Gasteiger partial charge in [0, 0.05) is 65.1 Å². The molecule has 2 fully saturated rings. The van der Waals surface area contributed by atoms with E-state index in [1.54, 1.807) is 17.8 Å². The Morgan fingerprint density at radius 2 is 2.03 bits per heavy atom. The molecular weight excluding hydrogens is 536 g/mol. The maximum Gasteiger partial charge on any atom is 0.194 e. The maximum absolute atomic E-state index is 14.9. The highest BCUT2D eigenvalue weighted by Crippen LogP contribution is 2.23. The summed E-state index contributed by atoms with van der Waals surface area (Å²) >= 11 is 0. The molecule has 2 aliphatic rings. The molecule has 1 N–H and O–H groups in total. The van der Waals surface area contributed by atoms with E-state index in [9.17, 15) is 4.39 Å². The van der Waals surface area contributed by atoms with Gasteiger partial charge in [-0.05, 0) is 24.2 Å². The van der Waals surface area contributed by atoms with Crippen molar-refractivity contribution in [2.45, 2.75) is 19.6 Å². The fourth-order valence-electron chi connectivity index (χ4n) is 4.38. The fourth-order valence-corrected chi connectivity index (χ4v) is 4.38. The Hall–Kier alpha value is -1.92. The molecule has 182 valence electrons. The van der Waals surface area contributed by atoms with Crippen LogP contribution in [0.3, 0.4) is 0 Å². The molecule has 2 aromatic rings. The second-order valence-electron chi connectivity index (χ2n) is 8.36. The van der Waals surface area contributed by atoms with E-state index in [1.807, 2.05) is 31.6 Å². The Kier molecular flexibility index (Phi) is 9.33. The number of rotatable bonds is 5. The number of aromatic nitrogens is 2.